The van der Waals surface area contributed by atoms with Gasteiger partial charge in [0.2, 0.25) is 0 Å². The molecular weight excluding hydrogens is 787 g/mol. The van der Waals surface area contributed by atoms with Crippen molar-refractivity contribution in [1.82, 2.24) is 25.8 Å². The minimum absolute atomic E-state index is 0.00192. The Morgan fingerprint density at radius 2 is 0.508 bits per heavy atom. The summed E-state index contributed by atoms with van der Waals surface area (Å²) in [5.41, 5.74) is -0.616. The van der Waals surface area contributed by atoms with E-state index in [1.54, 1.807) is 0 Å². The van der Waals surface area contributed by atoms with Crippen LogP contribution in [0, 0.1) is 0 Å². The fraction of sp³-hybridized carbons (Fsp3) is 1.00. The lowest BCUT2D eigenvalue weighted by molar-refractivity contribution is -0.291. The van der Waals surface area contributed by atoms with Gasteiger partial charge in [0.15, 0.2) is 0 Å². The second-order valence-corrected chi connectivity index (χ2v) is 28.6. The summed E-state index contributed by atoms with van der Waals surface area (Å²) < 4.78 is 38.9. The van der Waals surface area contributed by atoms with Crippen LogP contribution in [0.5, 0.6) is 0 Å². The fourth-order valence-corrected chi connectivity index (χ4v) is 14.7. The lowest BCUT2D eigenvalue weighted by atomic mass is 9.77. The van der Waals surface area contributed by atoms with Crippen molar-refractivity contribution in [3.63, 3.8) is 0 Å². The molecular formula is C53H101N5O5. The summed E-state index contributed by atoms with van der Waals surface area (Å²) in [6.45, 7) is 47.0. The molecule has 63 heavy (non-hydrogen) atoms. The zero-order chi connectivity index (χ0) is 47.4. The van der Waals surface area contributed by atoms with Gasteiger partial charge >= 0.3 is 0 Å². The molecule has 10 heteroatoms. The van der Waals surface area contributed by atoms with Crippen LogP contribution in [-0.2, 0) is 23.7 Å². The lowest BCUT2D eigenvalue weighted by Crippen LogP contribution is -2.68. The van der Waals surface area contributed by atoms with Gasteiger partial charge in [0.25, 0.3) is 0 Å². The maximum absolute atomic E-state index is 7.86. The van der Waals surface area contributed by atoms with Crippen molar-refractivity contribution < 1.29 is 23.7 Å². The first-order valence-electron chi connectivity index (χ1n) is 25.4. The zero-order valence-corrected chi connectivity index (χ0v) is 45.0. The number of hydrogen-bond donors (Lipinski definition) is 3. The van der Waals surface area contributed by atoms with Crippen LogP contribution in [-0.4, -0.2) is 140 Å². The van der Waals surface area contributed by atoms with Crippen molar-refractivity contribution in [3.8, 4) is 0 Å². The molecule has 6 rings (SSSR count). The predicted octanol–water partition coefficient (Wildman–Crippen LogP) is 9.55. The summed E-state index contributed by atoms with van der Waals surface area (Å²) in [5.74, 6) is 0. The van der Waals surface area contributed by atoms with Crippen LogP contribution in [0.15, 0.2) is 0 Å². The maximum Gasteiger partial charge on any atom is 0.115 e. The van der Waals surface area contributed by atoms with Crippen LogP contribution in [0.25, 0.3) is 0 Å². The smallest absolute Gasteiger partial charge is 0.115 e. The van der Waals surface area contributed by atoms with E-state index in [1.807, 2.05) is 0 Å². The topological polar surface area (TPSA) is 88.7 Å². The first kappa shape index (κ1) is 52.0. The molecule has 1 saturated carbocycles. The van der Waals surface area contributed by atoms with Crippen LogP contribution in [0.1, 0.15) is 209 Å². The van der Waals surface area contributed by atoms with Gasteiger partial charge in [-0.25, -0.2) is 0 Å². The monoisotopic (exact) mass is 888 g/mol. The Hall–Kier alpha value is -0.400. The van der Waals surface area contributed by atoms with Crippen molar-refractivity contribution in [1.29, 1.82) is 0 Å². The van der Waals surface area contributed by atoms with Crippen molar-refractivity contribution in [2.24, 2.45) is 0 Å². The Labute approximate surface area is 387 Å². The Balaban J connectivity index is 1.49. The van der Waals surface area contributed by atoms with E-state index < -0.39 is 6.10 Å². The fourth-order valence-electron chi connectivity index (χ4n) is 14.7. The molecule has 0 amide bonds. The van der Waals surface area contributed by atoms with Crippen molar-refractivity contribution in [3.05, 3.63) is 0 Å². The highest BCUT2D eigenvalue weighted by molar-refractivity contribution is 5.08. The molecule has 6 aliphatic rings. The first-order valence-corrected chi connectivity index (χ1v) is 25.4. The van der Waals surface area contributed by atoms with E-state index in [0.29, 0.717) is 6.42 Å². The second-order valence-electron chi connectivity index (χ2n) is 28.6. The van der Waals surface area contributed by atoms with Gasteiger partial charge in [-0.05, 0) is 217 Å². The van der Waals surface area contributed by atoms with Crippen molar-refractivity contribution in [2.75, 3.05) is 14.1 Å². The zero-order valence-electron chi connectivity index (χ0n) is 45.0. The van der Waals surface area contributed by atoms with Crippen molar-refractivity contribution in [2.45, 2.75) is 326 Å². The third-order valence-electron chi connectivity index (χ3n) is 16.6. The number of hydrogen-bond acceptors (Lipinski definition) is 10. The average molecular weight is 888 g/mol. The first-order chi connectivity index (χ1) is 28.3. The molecule has 10 nitrogen and oxygen atoms in total. The molecule has 0 aromatic rings. The number of rotatable bonds is 10. The largest absolute Gasteiger partial charge is 0.372 e. The number of nitrogens with zero attached hydrogens (tertiary/aromatic N) is 2. The predicted molar refractivity (Wildman–Crippen MR) is 260 cm³/mol. The standard InChI is InChI=1S/C53H101N5O5/c1-44(2)24-34(25-45(3,4)54-44)59-39-23-40(60-37-30-50(13,14)57(21)51(15,16)31-37)41(61-35-26-46(5,6)55-47(7,8)27-35)43(63-36-28-48(9,10)56-49(11,12)29-36)42(39)62-38-32-52(17,18)58(22)53(19,20)33-38/h34-43,54-56H,23-33H2,1-22H3. The normalized spacial score (nSPS) is 37.1. The SMILES string of the molecule is CN1C(C)(C)CC(OC2CC(OC3CC(C)(C)NC(C)(C)C3)C(OC3CC(C)(C)N(C)C(C)(C)C3)C(OC3CC(C)(C)NC(C)(C)C3)C2OC2CC(C)(C)NC(C)(C)C2)CC1(C)C. The van der Waals surface area contributed by atoms with E-state index >= 15 is 0 Å². The molecule has 1 aliphatic carbocycles. The minimum Gasteiger partial charge on any atom is -0.372 e. The number of piperidine rings is 5. The van der Waals surface area contributed by atoms with E-state index in [0.717, 1.165) is 64.2 Å². The van der Waals surface area contributed by atoms with Gasteiger partial charge < -0.3 is 39.6 Å². The van der Waals surface area contributed by atoms with E-state index in [1.165, 1.54) is 0 Å². The summed E-state index contributed by atoms with van der Waals surface area (Å²) >= 11 is 0. The van der Waals surface area contributed by atoms with Crippen LogP contribution in [0.2, 0.25) is 0 Å². The molecule has 368 valence electrons. The second kappa shape index (κ2) is 17.2. The van der Waals surface area contributed by atoms with E-state index in [9.17, 15) is 0 Å². The minimum atomic E-state index is -0.398. The Bertz CT molecular complexity index is 1500. The Morgan fingerprint density at radius 1 is 0.302 bits per heavy atom. The van der Waals surface area contributed by atoms with Crippen LogP contribution < -0.4 is 16.0 Å². The van der Waals surface area contributed by atoms with Gasteiger partial charge in [-0.3, -0.25) is 9.80 Å². The van der Waals surface area contributed by atoms with E-state index in [2.05, 4.69) is 178 Å². The Kier molecular flexibility index (Phi) is 14.2. The molecule has 5 saturated heterocycles. The Morgan fingerprint density at radius 3 is 0.778 bits per heavy atom. The summed E-state index contributed by atoms with van der Waals surface area (Å²) in [6.07, 6.45) is 8.57. The highest BCUT2D eigenvalue weighted by atomic mass is 16.6. The lowest BCUT2D eigenvalue weighted by Gasteiger charge is -2.57. The molecule has 0 bridgehead atoms. The summed E-state index contributed by atoms with van der Waals surface area (Å²) in [5, 5.41) is 11.8. The van der Waals surface area contributed by atoms with E-state index in [4.69, 9.17) is 23.7 Å². The van der Waals surface area contributed by atoms with Gasteiger partial charge in [-0.1, -0.05) is 0 Å². The maximum atomic E-state index is 7.86. The molecule has 3 N–H and O–H groups in total. The van der Waals surface area contributed by atoms with Crippen LogP contribution >= 0.6 is 0 Å². The van der Waals surface area contributed by atoms with Crippen LogP contribution in [0.4, 0.5) is 0 Å². The number of ether oxygens (including phenoxy) is 5. The third kappa shape index (κ3) is 12.6. The summed E-state index contributed by atoms with van der Waals surface area (Å²) in [6, 6.07) is 0. The molecule has 0 radical (unpaired) electrons. The summed E-state index contributed by atoms with van der Waals surface area (Å²) in [7, 11) is 4.57. The van der Waals surface area contributed by atoms with Gasteiger partial charge in [0, 0.05) is 61.8 Å². The van der Waals surface area contributed by atoms with Gasteiger partial charge in [-0.15, -0.1) is 0 Å². The van der Waals surface area contributed by atoms with E-state index in [-0.39, 0.29) is 110 Å². The molecule has 5 atom stereocenters. The molecule has 6 fully saturated rings. The van der Waals surface area contributed by atoms with Crippen LogP contribution in [0.3, 0.4) is 0 Å². The highest BCUT2D eigenvalue weighted by Gasteiger charge is 2.56. The van der Waals surface area contributed by atoms with Crippen molar-refractivity contribution >= 4 is 0 Å². The number of likely N-dealkylation sites (tertiary alicyclic amines) is 2. The quantitative estimate of drug-likeness (QED) is 0.197. The average Bonchev–Trinajstić information content (AvgIpc) is 3.00. The van der Waals surface area contributed by atoms with Gasteiger partial charge in [0.05, 0.1) is 42.7 Å². The molecule has 0 aromatic carbocycles. The van der Waals surface area contributed by atoms with Gasteiger partial charge in [-0.2, -0.15) is 0 Å². The number of nitrogens with one attached hydrogen (secondary N) is 3. The molecule has 0 aromatic heterocycles. The molecule has 0 spiro atoms. The molecule has 5 aliphatic heterocycles. The van der Waals surface area contributed by atoms with Gasteiger partial charge in [0.1, 0.15) is 18.3 Å². The highest BCUT2D eigenvalue weighted by Crippen LogP contribution is 2.46. The molecule has 5 heterocycles. The molecule has 5 unspecified atom stereocenters. The third-order valence-corrected chi connectivity index (χ3v) is 16.6. The summed E-state index contributed by atoms with van der Waals surface area (Å²) in [4.78, 5) is 5.11.